The summed E-state index contributed by atoms with van der Waals surface area (Å²) in [6.07, 6.45) is 1.76. The topological polar surface area (TPSA) is 58.4 Å². The Morgan fingerprint density at radius 1 is 1.29 bits per heavy atom. The first-order valence-electron chi connectivity index (χ1n) is 8.34. The van der Waals surface area contributed by atoms with Gasteiger partial charge in [-0.15, -0.1) is 24.8 Å². The van der Waals surface area contributed by atoms with Gasteiger partial charge < -0.3 is 16.0 Å². The average molecular weight is 376 g/mol. The molecule has 1 aliphatic heterocycles. The number of nitrogens with one attached hydrogen (secondary N) is 1. The lowest BCUT2D eigenvalue weighted by Crippen LogP contribution is -2.44. The molecular formula is C18H31Cl2N3O. The maximum absolute atomic E-state index is 12.1. The number of amides is 1. The van der Waals surface area contributed by atoms with Gasteiger partial charge in [0.25, 0.3) is 0 Å². The first-order chi connectivity index (χ1) is 10.5. The van der Waals surface area contributed by atoms with E-state index in [9.17, 15) is 4.79 Å². The van der Waals surface area contributed by atoms with Gasteiger partial charge in [-0.3, -0.25) is 4.79 Å². The van der Waals surface area contributed by atoms with Gasteiger partial charge in [0.1, 0.15) is 0 Å². The van der Waals surface area contributed by atoms with Gasteiger partial charge in [-0.25, -0.2) is 0 Å². The van der Waals surface area contributed by atoms with Crippen LogP contribution in [0, 0.1) is 11.8 Å². The number of halogens is 2. The number of nitrogens with two attached hydrogens (primary N) is 1. The second-order valence-corrected chi connectivity index (χ2v) is 6.85. The Morgan fingerprint density at radius 2 is 1.96 bits per heavy atom. The SMILES string of the molecule is CC(C)CN1CCC(CNC(=O)C(N)Cc2ccccc2)C1.Cl.Cl. The number of carbonyl (C=O) groups excluding carboxylic acids is 1. The Bertz CT molecular complexity index is 471. The molecule has 0 bridgehead atoms. The molecule has 138 valence electrons. The van der Waals surface area contributed by atoms with E-state index in [1.165, 1.54) is 6.42 Å². The molecule has 0 spiro atoms. The van der Waals surface area contributed by atoms with E-state index in [0.29, 0.717) is 18.3 Å². The summed E-state index contributed by atoms with van der Waals surface area (Å²) in [5.41, 5.74) is 7.11. The molecule has 1 heterocycles. The molecule has 0 radical (unpaired) electrons. The summed E-state index contributed by atoms with van der Waals surface area (Å²) in [7, 11) is 0. The fraction of sp³-hybridized carbons (Fsp3) is 0.611. The smallest absolute Gasteiger partial charge is 0.237 e. The Kier molecular flexibility index (Phi) is 11.3. The summed E-state index contributed by atoms with van der Waals surface area (Å²) in [5, 5.41) is 3.03. The van der Waals surface area contributed by atoms with E-state index < -0.39 is 6.04 Å². The lowest BCUT2D eigenvalue weighted by Gasteiger charge is -2.19. The second kappa shape index (κ2) is 11.7. The van der Waals surface area contributed by atoms with Crippen molar-refractivity contribution in [3.05, 3.63) is 35.9 Å². The maximum atomic E-state index is 12.1. The van der Waals surface area contributed by atoms with Crippen LogP contribution in [-0.4, -0.2) is 43.0 Å². The van der Waals surface area contributed by atoms with Crippen LogP contribution in [0.25, 0.3) is 0 Å². The predicted octanol–water partition coefficient (Wildman–Crippen LogP) is 2.49. The zero-order valence-electron chi connectivity index (χ0n) is 14.6. The molecule has 0 saturated carbocycles. The number of rotatable bonds is 7. The standard InChI is InChI=1S/C18H29N3O.2ClH/c1-14(2)12-21-9-8-16(13-21)11-20-18(22)17(19)10-15-6-4-3-5-7-15;;/h3-7,14,16-17H,8-13,19H2,1-2H3,(H,20,22);2*1H. The fourth-order valence-electron chi connectivity index (χ4n) is 3.10. The number of nitrogens with zero attached hydrogens (tertiary/aromatic N) is 1. The Morgan fingerprint density at radius 3 is 2.58 bits per heavy atom. The second-order valence-electron chi connectivity index (χ2n) is 6.85. The molecule has 2 rings (SSSR count). The van der Waals surface area contributed by atoms with Gasteiger partial charge in [-0.2, -0.15) is 0 Å². The van der Waals surface area contributed by atoms with Crippen molar-refractivity contribution in [2.24, 2.45) is 17.6 Å². The zero-order valence-corrected chi connectivity index (χ0v) is 16.2. The van der Waals surface area contributed by atoms with Gasteiger partial charge in [0.15, 0.2) is 0 Å². The van der Waals surface area contributed by atoms with Crippen LogP contribution in [0.15, 0.2) is 30.3 Å². The molecule has 3 N–H and O–H groups in total. The van der Waals surface area contributed by atoms with Crippen LogP contribution in [-0.2, 0) is 11.2 Å². The molecule has 6 heteroatoms. The van der Waals surface area contributed by atoms with Crippen LogP contribution in [0.3, 0.4) is 0 Å². The molecular weight excluding hydrogens is 345 g/mol. The van der Waals surface area contributed by atoms with Crippen molar-refractivity contribution >= 4 is 30.7 Å². The van der Waals surface area contributed by atoms with Crippen LogP contribution < -0.4 is 11.1 Å². The van der Waals surface area contributed by atoms with E-state index in [4.69, 9.17) is 5.73 Å². The summed E-state index contributed by atoms with van der Waals surface area (Å²) >= 11 is 0. The molecule has 4 nitrogen and oxygen atoms in total. The van der Waals surface area contributed by atoms with Gasteiger partial charge in [0.05, 0.1) is 6.04 Å². The quantitative estimate of drug-likeness (QED) is 0.769. The minimum atomic E-state index is -0.462. The normalized spacial score (nSPS) is 18.6. The van der Waals surface area contributed by atoms with Crippen molar-refractivity contribution in [2.75, 3.05) is 26.2 Å². The van der Waals surface area contributed by atoms with Crippen LogP contribution >= 0.6 is 24.8 Å². The number of likely N-dealkylation sites (tertiary alicyclic amines) is 1. The monoisotopic (exact) mass is 375 g/mol. The highest BCUT2D eigenvalue weighted by molar-refractivity contribution is 5.85. The zero-order chi connectivity index (χ0) is 15.9. The summed E-state index contributed by atoms with van der Waals surface area (Å²) in [6, 6.07) is 9.47. The highest BCUT2D eigenvalue weighted by Crippen LogP contribution is 2.16. The van der Waals surface area contributed by atoms with Crippen LogP contribution in [0.1, 0.15) is 25.8 Å². The van der Waals surface area contributed by atoms with E-state index in [1.807, 2.05) is 30.3 Å². The van der Waals surface area contributed by atoms with Crippen LogP contribution in [0.4, 0.5) is 0 Å². The van der Waals surface area contributed by atoms with Gasteiger partial charge in [0, 0.05) is 19.6 Å². The molecule has 0 aromatic heterocycles. The fourth-order valence-corrected chi connectivity index (χ4v) is 3.10. The molecule has 2 unspecified atom stereocenters. The lowest BCUT2D eigenvalue weighted by molar-refractivity contribution is -0.122. The number of benzene rings is 1. The van der Waals surface area contributed by atoms with Crippen LogP contribution in [0.5, 0.6) is 0 Å². The minimum Gasteiger partial charge on any atom is -0.354 e. The molecule has 2 atom stereocenters. The summed E-state index contributed by atoms with van der Waals surface area (Å²) in [6.45, 7) is 8.63. The van der Waals surface area contributed by atoms with Gasteiger partial charge in [-0.05, 0) is 36.8 Å². The Labute approximate surface area is 158 Å². The largest absolute Gasteiger partial charge is 0.354 e. The van der Waals surface area contributed by atoms with Gasteiger partial charge >= 0.3 is 0 Å². The molecule has 1 aliphatic rings. The van der Waals surface area contributed by atoms with E-state index in [2.05, 4.69) is 24.1 Å². The average Bonchev–Trinajstić information content (AvgIpc) is 2.92. The van der Waals surface area contributed by atoms with E-state index in [1.54, 1.807) is 0 Å². The van der Waals surface area contributed by atoms with Crippen molar-refractivity contribution in [3.8, 4) is 0 Å². The molecule has 1 fully saturated rings. The number of carbonyl (C=O) groups is 1. The highest BCUT2D eigenvalue weighted by atomic mass is 35.5. The third-order valence-electron chi connectivity index (χ3n) is 4.19. The van der Waals surface area contributed by atoms with Crippen molar-refractivity contribution in [1.82, 2.24) is 10.2 Å². The molecule has 24 heavy (non-hydrogen) atoms. The first kappa shape index (κ1) is 23.2. The molecule has 1 saturated heterocycles. The molecule has 1 amide bonds. The molecule has 1 aromatic carbocycles. The number of hydrogen-bond donors (Lipinski definition) is 2. The third kappa shape index (κ3) is 7.84. The minimum absolute atomic E-state index is 0. The van der Waals surface area contributed by atoms with Crippen molar-refractivity contribution < 1.29 is 4.79 Å². The Hall–Kier alpha value is -0.810. The van der Waals surface area contributed by atoms with Gasteiger partial charge in [0.2, 0.25) is 5.91 Å². The first-order valence-corrected chi connectivity index (χ1v) is 8.34. The molecule has 0 aliphatic carbocycles. The van der Waals surface area contributed by atoms with Crippen molar-refractivity contribution in [3.63, 3.8) is 0 Å². The Balaban J connectivity index is 0.00000264. The van der Waals surface area contributed by atoms with Crippen molar-refractivity contribution in [2.45, 2.75) is 32.7 Å². The summed E-state index contributed by atoms with van der Waals surface area (Å²) in [5.74, 6) is 1.23. The van der Waals surface area contributed by atoms with Crippen LogP contribution in [0.2, 0.25) is 0 Å². The summed E-state index contributed by atoms with van der Waals surface area (Å²) in [4.78, 5) is 14.6. The molecule has 1 aromatic rings. The van der Waals surface area contributed by atoms with Gasteiger partial charge in [-0.1, -0.05) is 44.2 Å². The van der Waals surface area contributed by atoms with E-state index in [-0.39, 0.29) is 30.7 Å². The number of hydrogen-bond acceptors (Lipinski definition) is 3. The van der Waals surface area contributed by atoms with E-state index >= 15 is 0 Å². The maximum Gasteiger partial charge on any atom is 0.237 e. The lowest BCUT2D eigenvalue weighted by atomic mass is 10.1. The van der Waals surface area contributed by atoms with E-state index in [0.717, 1.165) is 31.7 Å². The predicted molar refractivity (Wildman–Crippen MR) is 105 cm³/mol. The summed E-state index contributed by atoms with van der Waals surface area (Å²) < 4.78 is 0. The van der Waals surface area contributed by atoms with Crippen molar-refractivity contribution in [1.29, 1.82) is 0 Å². The third-order valence-corrected chi connectivity index (χ3v) is 4.19. The highest BCUT2D eigenvalue weighted by Gasteiger charge is 2.24.